The lowest BCUT2D eigenvalue weighted by atomic mass is 10.0. The minimum Gasteiger partial charge on any atom is -0.383 e. The fourth-order valence-electron chi connectivity index (χ4n) is 3.46. The number of hydrogen-bond donors (Lipinski definition) is 2. The van der Waals surface area contributed by atoms with E-state index >= 15 is 0 Å². The van der Waals surface area contributed by atoms with Crippen LogP contribution in [-0.2, 0) is 13.6 Å². The molecule has 0 unspecified atom stereocenters. The highest BCUT2D eigenvalue weighted by atomic mass is 19.1. The number of nitrogens with two attached hydrogens (primary N) is 1. The third kappa shape index (κ3) is 4.31. The second-order valence-electron chi connectivity index (χ2n) is 7.41. The molecule has 9 heteroatoms. The molecule has 4 rings (SSSR count). The first-order chi connectivity index (χ1) is 15.3. The number of carbonyl (C=O) groups excluding carboxylic acids is 1. The average Bonchev–Trinajstić information content (AvgIpc) is 3.17. The molecular weight excluding hydrogens is 414 g/mol. The molecule has 4 aromatic rings. The molecule has 2 aromatic carbocycles. The quantitative estimate of drug-likeness (QED) is 0.500. The maximum absolute atomic E-state index is 14.8. The number of rotatable bonds is 5. The second kappa shape index (κ2) is 8.54. The van der Waals surface area contributed by atoms with Crippen LogP contribution in [0.2, 0.25) is 0 Å². The molecule has 1 amide bonds. The van der Waals surface area contributed by atoms with E-state index in [2.05, 4.69) is 20.6 Å². The zero-order chi connectivity index (χ0) is 22.8. The van der Waals surface area contributed by atoms with Gasteiger partial charge in [0, 0.05) is 30.9 Å². The number of halogens is 2. The van der Waals surface area contributed by atoms with Crippen molar-refractivity contribution in [2.24, 2.45) is 7.05 Å². The monoisotopic (exact) mass is 434 g/mol. The number of nitrogen functional groups attached to an aromatic ring is 1. The number of carbonyl (C=O) groups is 1. The molecule has 0 radical (unpaired) electrons. The normalized spacial score (nSPS) is 10.9. The molecule has 2 aromatic heterocycles. The number of nitrogens with one attached hydrogen (secondary N) is 1. The number of aromatic nitrogens is 4. The Bertz CT molecular complexity index is 1300. The molecule has 0 aliphatic heterocycles. The van der Waals surface area contributed by atoms with E-state index in [0.717, 1.165) is 11.3 Å². The van der Waals surface area contributed by atoms with Gasteiger partial charge in [0.2, 0.25) is 0 Å². The molecule has 0 aliphatic rings. The molecule has 0 bridgehead atoms. The van der Waals surface area contributed by atoms with Crippen molar-refractivity contribution in [1.29, 1.82) is 0 Å². The summed E-state index contributed by atoms with van der Waals surface area (Å²) in [6, 6.07) is 10.5. The first kappa shape index (κ1) is 21.1. The van der Waals surface area contributed by atoms with Gasteiger partial charge in [0.25, 0.3) is 5.91 Å². The smallest absolute Gasteiger partial charge is 0.254 e. The van der Waals surface area contributed by atoms with Gasteiger partial charge < -0.3 is 11.1 Å². The van der Waals surface area contributed by atoms with Crippen LogP contribution in [0, 0.1) is 18.6 Å². The lowest BCUT2D eigenvalue weighted by molar-refractivity contribution is 0.0947. The summed E-state index contributed by atoms with van der Waals surface area (Å²) >= 11 is 0. The topological polar surface area (TPSA) is 98.7 Å². The Labute approximate surface area is 182 Å². The van der Waals surface area contributed by atoms with Crippen LogP contribution in [0.15, 0.2) is 54.9 Å². The minimum absolute atomic E-state index is 0.0796. The van der Waals surface area contributed by atoms with Crippen LogP contribution >= 0.6 is 0 Å². The van der Waals surface area contributed by atoms with Gasteiger partial charge in [0.15, 0.2) is 0 Å². The molecule has 32 heavy (non-hydrogen) atoms. The van der Waals surface area contributed by atoms with Gasteiger partial charge in [-0.2, -0.15) is 0 Å². The summed E-state index contributed by atoms with van der Waals surface area (Å²) in [5.74, 6) is -1.47. The van der Waals surface area contributed by atoms with E-state index in [1.54, 1.807) is 49.2 Å². The highest BCUT2D eigenvalue weighted by Gasteiger charge is 2.15. The first-order valence-electron chi connectivity index (χ1n) is 9.76. The van der Waals surface area contributed by atoms with Crippen LogP contribution in [0.1, 0.15) is 21.5 Å². The van der Waals surface area contributed by atoms with Gasteiger partial charge in [0.05, 0.1) is 17.5 Å². The maximum atomic E-state index is 14.8. The standard InChI is InChI=1S/C23H20F2N6O/c1-13-5-14(7-17(24)6-13)10-28-23(32)18-4-3-15(9-20(18)25)19-8-16(11-27-22(19)26)21-12-29-30-31(21)2/h3-9,11-12H,10H2,1-2H3,(H2,26,27)(H,28,32). The Morgan fingerprint density at radius 2 is 1.91 bits per heavy atom. The molecular formula is C23H20F2N6O. The minimum atomic E-state index is -0.706. The summed E-state index contributed by atoms with van der Waals surface area (Å²) in [6.07, 6.45) is 3.18. The summed E-state index contributed by atoms with van der Waals surface area (Å²) < 4.78 is 29.9. The Kier molecular flexibility index (Phi) is 5.63. The van der Waals surface area contributed by atoms with Gasteiger partial charge in [-0.1, -0.05) is 17.3 Å². The Morgan fingerprint density at radius 1 is 1.09 bits per heavy atom. The van der Waals surface area contributed by atoms with Gasteiger partial charge in [-0.25, -0.2) is 18.4 Å². The molecule has 0 spiro atoms. The van der Waals surface area contributed by atoms with E-state index in [1.165, 1.54) is 24.3 Å². The number of nitrogens with zero attached hydrogens (tertiary/aromatic N) is 4. The number of anilines is 1. The van der Waals surface area contributed by atoms with Crippen molar-refractivity contribution in [2.45, 2.75) is 13.5 Å². The van der Waals surface area contributed by atoms with E-state index in [4.69, 9.17) is 5.73 Å². The van der Waals surface area contributed by atoms with Gasteiger partial charge in [0.1, 0.15) is 17.5 Å². The first-order valence-corrected chi connectivity index (χ1v) is 9.76. The summed E-state index contributed by atoms with van der Waals surface area (Å²) in [4.78, 5) is 16.7. The number of hydrogen-bond acceptors (Lipinski definition) is 5. The third-order valence-electron chi connectivity index (χ3n) is 5.01. The van der Waals surface area contributed by atoms with Gasteiger partial charge in [-0.05, 0) is 53.9 Å². The molecule has 0 saturated carbocycles. The largest absolute Gasteiger partial charge is 0.383 e. The molecule has 3 N–H and O–H groups in total. The zero-order valence-electron chi connectivity index (χ0n) is 17.4. The SMILES string of the molecule is Cc1cc(F)cc(CNC(=O)c2ccc(-c3cc(-c4cnnn4C)cnc3N)cc2F)c1. The van der Waals surface area contributed by atoms with Gasteiger partial charge in [-0.3, -0.25) is 4.79 Å². The van der Waals surface area contributed by atoms with Crippen molar-refractivity contribution >= 4 is 11.7 Å². The van der Waals surface area contributed by atoms with Crippen molar-refractivity contribution in [3.63, 3.8) is 0 Å². The predicted octanol–water partition coefficient (Wildman–Crippen LogP) is 3.64. The van der Waals surface area contributed by atoms with E-state index < -0.39 is 11.7 Å². The molecule has 162 valence electrons. The van der Waals surface area contributed by atoms with Crippen molar-refractivity contribution in [3.05, 3.63) is 83.2 Å². The van der Waals surface area contributed by atoms with Crippen LogP contribution in [0.4, 0.5) is 14.6 Å². The lowest BCUT2D eigenvalue weighted by Gasteiger charge is -2.11. The van der Waals surface area contributed by atoms with Gasteiger partial charge in [-0.15, -0.1) is 5.10 Å². The van der Waals surface area contributed by atoms with Crippen molar-refractivity contribution in [2.75, 3.05) is 5.73 Å². The summed E-state index contributed by atoms with van der Waals surface area (Å²) in [7, 11) is 1.75. The number of amides is 1. The molecule has 0 atom stereocenters. The van der Waals surface area contributed by atoms with Crippen molar-refractivity contribution in [3.8, 4) is 22.4 Å². The Morgan fingerprint density at radius 3 is 2.59 bits per heavy atom. The van der Waals surface area contributed by atoms with Crippen LogP contribution in [-0.4, -0.2) is 25.9 Å². The van der Waals surface area contributed by atoms with Crippen molar-refractivity contribution in [1.82, 2.24) is 25.3 Å². The predicted molar refractivity (Wildman–Crippen MR) is 116 cm³/mol. The molecule has 0 aliphatic carbocycles. The van der Waals surface area contributed by atoms with Crippen LogP contribution < -0.4 is 11.1 Å². The van der Waals surface area contributed by atoms with Crippen LogP contribution in [0.5, 0.6) is 0 Å². The Balaban J connectivity index is 1.57. The number of benzene rings is 2. The fourth-order valence-corrected chi connectivity index (χ4v) is 3.46. The van der Waals surface area contributed by atoms with E-state index in [-0.39, 0.29) is 23.7 Å². The van der Waals surface area contributed by atoms with E-state index in [9.17, 15) is 13.6 Å². The molecule has 2 heterocycles. The van der Waals surface area contributed by atoms with Crippen LogP contribution in [0.25, 0.3) is 22.4 Å². The van der Waals surface area contributed by atoms with Gasteiger partial charge >= 0.3 is 0 Å². The Hall–Kier alpha value is -4.14. The lowest BCUT2D eigenvalue weighted by Crippen LogP contribution is -2.24. The maximum Gasteiger partial charge on any atom is 0.254 e. The average molecular weight is 434 g/mol. The highest BCUT2D eigenvalue weighted by Crippen LogP contribution is 2.30. The number of aryl methyl sites for hydroxylation is 2. The molecule has 0 saturated heterocycles. The zero-order valence-corrected chi connectivity index (χ0v) is 17.4. The van der Waals surface area contributed by atoms with E-state index in [1.807, 2.05) is 0 Å². The third-order valence-corrected chi connectivity index (χ3v) is 5.01. The second-order valence-corrected chi connectivity index (χ2v) is 7.41. The van der Waals surface area contributed by atoms with E-state index in [0.29, 0.717) is 22.3 Å². The van der Waals surface area contributed by atoms with Crippen LogP contribution in [0.3, 0.4) is 0 Å². The summed E-state index contributed by atoms with van der Waals surface area (Å²) in [5.41, 5.74) is 9.65. The molecule has 7 nitrogen and oxygen atoms in total. The summed E-state index contributed by atoms with van der Waals surface area (Å²) in [5, 5.41) is 10.4. The molecule has 0 fully saturated rings. The summed E-state index contributed by atoms with van der Waals surface area (Å²) in [6.45, 7) is 1.84. The highest BCUT2D eigenvalue weighted by molar-refractivity contribution is 5.95. The fraction of sp³-hybridized carbons (Fsp3) is 0.130. The number of pyridine rings is 1. The van der Waals surface area contributed by atoms with Crippen molar-refractivity contribution < 1.29 is 13.6 Å².